The SMILES string of the molecule is CC(C)COc1cccc(-c2nnc(CCC(=O)NCc3ccccn3)c(=O)[nH]2)c1. The molecular formula is C22H25N5O3. The Labute approximate surface area is 174 Å². The number of pyridine rings is 1. The molecule has 156 valence electrons. The summed E-state index contributed by atoms with van der Waals surface area (Å²) in [6.07, 6.45) is 2.01. The maximum absolute atomic E-state index is 12.4. The zero-order valence-electron chi connectivity index (χ0n) is 17.1. The number of carbonyl (C=O) groups is 1. The Balaban J connectivity index is 1.58. The highest BCUT2D eigenvalue weighted by Gasteiger charge is 2.10. The van der Waals surface area contributed by atoms with Gasteiger partial charge >= 0.3 is 0 Å². The number of nitrogens with one attached hydrogen (secondary N) is 2. The van der Waals surface area contributed by atoms with Crippen LogP contribution in [0.1, 0.15) is 31.7 Å². The number of aromatic nitrogens is 4. The molecule has 3 rings (SSSR count). The van der Waals surface area contributed by atoms with Gasteiger partial charge in [0.05, 0.1) is 18.8 Å². The Morgan fingerprint density at radius 3 is 2.77 bits per heavy atom. The van der Waals surface area contributed by atoms with Gasteiger partial charge in [-0.15, -0.1) is 10.2 Å². The van der Waals surface area contributed by atoms with Crippen LogP contribution in [-0.2, 0) is 17.8 Å². The van der Waals surface area contributed by atoms with Gasteiger partial charge in [-0.1, -0.05) is 32.0 Å². The molecule has 0 aliphatic carbocycles. The molecule has 0 aliphatic heterocycles. The van der Waals surface area contributed by atoms with Crippen LogP contribution in [0.15, 0.2) is 53.5 Å². The minimum atomic E-state index is -0.356. The number of nitrogens with zero attached hydrogens (tertiary/aromatic N) is 3. The highest BCUT2D eigenvalue weighted by molar-refractivity contribution is 5.76. The summed E-state index contributed by atoms with van der Waals surface area (Å²) in [6.45, 7) is 5.09. The van der Waals surface area contributed by atoms with E-state index in [0.29, 0.717) is 36.2 Å². The smallest absolute Gasteiger partial charge is 0.273 e. The van der Waals surface area contributed by atoms with Crippen molar-refractivity contribution in [3.63, 3.8) is 0 Å². The van der Waals surface area contributed by atoms with Gasteiger partial charge in [0.2, 0.25) is 5.91 Å². The predicted octanol–water partition coefficient (Wildman–Crippen LogP) is 2.51. The highest BCUT2D eigenvalue weighted by Crippen LogP contribution is 2.20. The van der Waals surface area contributed by atoms with Crippen molar-refractivity contribution in [2.45, 2.75) is 33.2 Å². The molecule has 0 atom stereocenters. The van der Waals surface area contributed by atoms with Gasteiger partial charge in [0, 0.05) is 24.6 Å². The van der Waals surface area contributed by atoms with Crippen LogP contribution in [-0.4, -0.2) is 32.7 Å². The molecule has 2 heterocycles. The summed E-state index contributed by atoms with van der Waals surface area (Å²) in [5.41, 5.74) is 1.35. The summed E-state index contributed by atoms with van der Waals surface area (Å²) < 4.78 is 5.71. The minimum absolute atomic E-state index is 0.141. The molecule has 2 aromatic heterocycles. The lowest BCUT2D eigenvalue weighted by atomic mass is 10.2. The number of rotatable bonds is 9. The van der Waals surface area contributed by atoms with Crippen molar-refractivity contribution < 1.29 is 9.53 Å². The third-order valence-electron chi connectivity index (χ3n) is 4.24. The summed E-state index contributed by atoms with van der Waals surface area (Å²) in [6, 6.07) is 12.8. The van der Waals surface area contributed by atoms with Crippen LogP contribution in [0.2, 0.25) is 0 Å². The molecule has 8 heteroatoms. The number of hydrogen-bond donors (Lipinski definition) is 2. The normalized spacial score (nSPS) is 10.8. The van der Waals surface area contributed by atoms with Gasteiger partial charge in [0.25, 0.3) is 5.56 Å². The number of hydrogen-bond acceptors (Lipinski definition) is 6. The fourth-order valence-corrected chi connectivity index (χ4v) is 2.66. The van der Waals surface area contributed by atoms with E-state index in [9.17, 15) is 9.59 Å². The topological polar surface area (TPSA) is 110 Å². The van der Waals surface area contributed by atoms with Crippen molar-refractivity contribution in [2.75, 3.05) is 6.61 Å². The molecule has 2 N–H and O–H groups in total. The largest absolute Gasteiger partial charge is 0.493 e. The average molecular weight is 407 g/mol. The summed E-state index contributed by atoms with van der Waals surface area (Å²) in [5.74, 6) is 1.30. The van der Waals surface area contributed by atoms with Crippen LogP contribution in [0.4, 0.5) is 0 Å². The number of carbonyl (C=O) groups excluding carboxylic acids is 1. The molecule has 0 aliphatic rings. The van der Waals surface area contributed by atoms with Crippen LogP contribution in [0.3, 0.4) is 0 Å². The molecule has 0 radical (unpaired) electrons. The van der Waals surface area contributed by atoms with Gasteiger partial charge in [-0.3, -0.25) is 14.6 Å². The van der Waals surface area contributed by atoms with Gasteiger partial charge < -0.3 is 15.0 Å². The van der Waals surface area contributed by atoms with E-state index in [-0.39, 0.29) is 30.0 Å². The number of ether oxygens (including phenoxy) is 1. The molecule has 1 aromatic carbocycles. The first-order valence-electron chi connectivity index (χ1n) is 9.87. The summed E-state index contributed by atoms with van der Waals surface area (Å²) in [4.78, 5) is 31.3. The molecule has 3 aromatic rings. The highest BCUT2D eigenvalue weighted by atomic mass is 16.5. The quantitative estimate of drug-likeness (QED) is 0.564. The second kappa shape index (κ2) is 10.3. The number of H-pyrrole nitrogens is 1. The fourth-order valence-electron chi connectivity index (χ4n) is 2.66. The van der Waals surface area contributed by atoms with E-state index in [1.807, 2.05) is 42.5 Å². The van der Waals surface area contributed by atoms with Crippen molar-refractivity contribution in [3.8, 4) is 17.1 Å². The molecule has 0 saturated carbocycles. The first-order chi connectivity index (χ1) is 14.5. The predicted molar refractivity (Wildman–Crippen MR) is 113 cm³/mol. The molecule has 0 spiro atoms. The average Bonchev–Trinajstić information content (AvgIpc) is 2.76. The van der Waals surface area contributed by atoms with Gasteiger partial charge in [-0.2, -0.15) is 0 Å². The summed E-state index contributed by atoms with van der Waals surface area (Å²) >= 11 is 0. The van der Waals surface area contributed by atoms with Gasteiger partial charge in [0.15, 0.2) is 5.82 Å². The van der Waals surface area contributed by atoms with E-state index in [2.05, 4.69) is 39.3 Å². The molecule has 0 unspecified atom stereocenters. The number of aromatic amines is 1. The third-order valence-corrected chi connectivity index (χ3v) is 4.24. The fraction of sp³-hybridized carbons (Fsp3) is 0.318. The Bertz CT molecular complexity index is 1030. The molecule has 0 fully saturated rings. The zero-order chi connectivity index (χ0) is 21.3. The van der Waals surface area contributed by atoms with Crippen LogP contribution in [0, 0.1) is 5.92 Å². The van der Waals surface area contributed by atoms with Crippen LogP contribution < -0.4 is 15.6 Å². The van der Waals surface area contributed by atoms with E-state index in [1.54, 1.807) is 6.20 Å². The van der Waals surface area contributed by atoms with Crippen molar-refractivity contribution >= 4 is 5.91 Å². The monoisotopic (exact) mass is 407 g/mol. The van der Waals surface area contributed by atoms with Crippen LogP contribution >= 0.6 is 0 Å². The molecule has 1 amide bonds. The third kappa shape index (κ3) is 6.23. The summed E-state index contributed by atoms with van der Waals surface area (Å²) in [7, 11) is 0. The van der Waals surface area contributed by atoms with E-state index >= 15 is 0 Å². The Morgan fingerprint density at radius 2 is 2.03 bits per heavy atom. The van der Waals surface area contributed by atoms with E-state index in [0.717, 1.165) is 5.69 Å². The molecular weight excluding hydrogens is 382 g/mol. The van der Waals surface area contributed by atoms with E-state index < -0.39 is 0 Å². The standard InChI is InChI=1S/C22H25N5O3/c1-15(2)14-30-18-8-5-6-16(12-18)21-25-22(29)19(26-27-21)9-10-20(28)24-13-17-7-3-4-11-23-17/h3-8,11-12,15H,9-10,13-14H2,1-2H3,(H,24,28)(H,25,27,29). The van der Waals surface area contributed by atoms with Crippen LogP contribution in [0.5, 0.6) is 5.75 Å². The Kier molecular flexibility index (Phi) is 7.26. The maximum atomic E-state index is 12.4. The second-order valence-electron chi connectivity index (χ2n) is 7.28. The maximum Gasteiger partial charge on any atom is 0.273 e. The van der Waals surface area contributed by atoms with E-state index in [1.165, 1.54) is 0 Å². The second-order valence-corrected chi connectivity index (χ2v) is 7.28. The van der Waals surface area contributed by atoms with Crippen molar-refractivity contribution in [1.82, 2.24) is 25.5 Å². The van der Waals surface area contributed by atoms with Gasteiger partial charge in [0.1, 0.15) is 11.4 Å². The molecule has 0 saturated heterocycles. The number of benzene rings is 1. The molecule has 8 nitrogen and oxygen atoms in total. The molecule has 0 bridgehead atoms. The first-order valence-corrected chi connectivity index (χ1v) is 9.87. The number of amides is 1. The van der Waals surface area contributed by atoms with E-state index in [4.69, 9.17) is 4.74 Å². The Morgan fingerprint density at radius 1 is 1.17 bits per heavy atom. The van der Waals surface area contributed by atoms with Crippen molar-refractivity contribution in [3.05, 3.63) is 70.4 Å². The minimum Gasteiger partial charge on any atom is -0.493 e. The lowest BCUT2D eigenvalue weighted by Crippen LogP contribution is -2.25. The van der Waals surface area contributed by atoms with Crippen LogP contribution in [0.25, 0.3) is 11.4 Å². The lowest BCUT2D eigenvalue weighted by Gasteiger charge is -2.09. The molecule has 30 heavy (non-hydrogen) atoms. The van der Waals surface area contributed by atoms with Crippen molar-refractivity contribution in [2.24, 2.45) is 5.92 Å². The Hall–Kier alpha value is -3.55. The lowest BCUT2D eigenvalue weighted by molar-refractivity contribution is -0.121. The zero-order valence-corrected chi connectivity index (χ0v) is 17.1. The van der Waals surface area contributed by atoms with Gasteiger partial charge in [-0.05, 0) is 30.2 Å². The van der Waals surface area contributed by atoms with Gasteiger partial charge in [-0.25, -0.2) is 0 Å². The number of aryl methyl sites for hydroxylation is 1. The summed E-state index contributed by atoms with van der Waals surface area (Å²) in [5, 5.41) is 10.9. The van der Waals surface area contributed by atoms with Crippen molar-refractivity contribution in [1.29, 1.82) is 0 Å². The first kappa shape index (κ1) is 21.2.